The molecule has 2 rings (SSSR count). The van der Waals surface area contributed by atoms with Gasteiger partial charge in [0, 0.05) is 49.9 Å². The topological polar surface area (TPSA) is 35.6 Å². The maximum atomic E-state index is 13.8. The molecule has 0 bridgehead atoms. The van der Waals surface area contributed by atoms with Crippen LogP contribution in [0.2, 0.25) is 5.02 Å². The molecule has 0 aromatic heterocycles. The minimum Gasteiger partial charge on any atom is -0.338 e. The van der Waals surface area contributed by atoms with Gasteiger partial charge in [-0.1, -0.05) is 31.0 Å². The van der Waals surface area contributed by atoms with E-state index in [1.165, 1.54) is 6.07 Å². The molecule has 22 heavy (non-hydrogen) atoms. The van der Waals surface area contributed by atoms with Gasteiger partial charge in [0.25, 0.3) is 0 Å². The summed E-state index contributed by atoms with van der Waals surface area (Å²) in [4.78, 5) is 15.9. The molecule has 0 radical (unpaired) electrons. The third-order valence-corrected chi connectivity index (χ3v) is 4.26. The molecule has 0 unspecified atom stereocenters. The summed E-state index contributed by atoms with van der Waals surface area (Å²) in [6.45, 7) is 6.07. The number of hydrogen-bond donors (Lipinski definition) is 1. The smallest absolute Gasteiger partial charge is 0.317 e. The molecule has 0 atom stereocenters. The largest absolute Gasteiger partial charge is 0.338 e. The van der Waals surface area contributed by atoms with E-state index < -0.39 is 0 Å². The van der Waals surface area contributed by atoms with Crippen molar-refractivity contribution in [1.29, 1.82) is 0 Å². The van der Waals surface area contributed by atoms with Crippen LogP contribution < -0.4 is 5.32 Å². The standard InChI is InChI=1S/C16H23ClFN3O/c1-2-3-7-19-16(22)21-10-8-20(9-11-21)12-13-14(17)5-4-6-15(13)18/h4-6H,2-3,7-12H2,1H3,(H,19,22). The Morgan fingerprint density at radius 2 is 2.05 bits per heavy atom. The average Bonchev–Trinajstić information content (AvgIpc) is 2.52. The van der Waals surface area contributed by atoms with Gasteiger partial charge in [-0.25, -0.2) is 9.18 Å². The summed E-state index contributed by atoms with van der Waals surface area (Å²) >= 11 is 6.06. The fourth-order valence-electron chi connectivity index (χ4n) is 2.50. The highest BCUT2D eigenvalue weighted by Gasteiger charge is 2.22. The van der Waals surface area contributed by atoms with Gasteiger partial charge in [-0.3, -0.25) is 4.90 Å². The molecule has 122 valence electrons. The molecule has 0 saturated carbocycles. The summed E-state index contributed by atoms with van der Waals surface area (Å²) in [6.07, 6.45) is 2.06. The second-order valence-corrected chi connectivity index (χ2v) is 5.96. The number of halogens is 2. The molecule has 1 heterocycles. The first kappa shape index (κ1) is 17.0. The van der Waals surface area contributed by atoms with Gasteiger partial charge < -0.3 is 10.2 Å². The lowest BCUT2D eigenvalue weighted by molar-refractivity contribution is 0.134. The van der Waals surface area contributed by atoms with Crippen molar-refractivity contribution in [2.75, 3.05) is 32.7 Å². The van der Waals surface area contributed by atoms with Gasteiger partial charge in [0.1, 0.15) is 5.82 Å². The minimum atomic E-state index is -0.271. The Labute approximate surface area is 136 Å². The van der Waals surface area contributed by atoms with Crippen molar-refractivity contribution in [2.24, 2.45) is 0 Å². The Morgan fingerprint density at radius 3 is 2.68 bits per heavy atom. The summed E-state index contributed by atoms with van der Waals surface area (Å²) in [7, 11) is 0. The molecular formula is C16H23ClFN3O. The van der Waals surface area contributed by atoms with E-state index in [2.05, 4.69) is 17.1 Å². The third-order valence-electron chi connectivity index (χ3n) is 3.91. The van der Waals surface area contributed by atoms with Crippen LogP contribution in [0.15, 0.2) is 18.2 Å². The van der Waals surface area contributed by atoms with Crippen LogP contribution >= 0.6 is 11.6 Å². The van der Waals surface area contributed by atoms with Crippen molar-refractivity contribution in [3.63, 3.8) is 0 Å². The second-order valence-electron chi connectivity index (χ2n) is 5.55. The molecule has 2 amide bonds. The summed E-state index contributed by atoms with van der Waals surface area (Å²) in [6, 6.07) is 4.74. The van der Waals surface area contributed by atoms with E-state index in [1.807, 2.05) is 4.90 Å². The van der Waals surface area contributed by atoms with Crippen molar-refractivity contribution in [1.82, 2.24) is 15.1 Å². The Balaban J connectivity index is 1.81. The molecule has 1 aromatic rings. The third kappa shape index (κ3) is 4.58. The zero-order chi connectivity index (χ0) is 15.9. The van der Waals surface area contributed by atoms with Crippen molar-refractivity contribution in [2.45, 2.75) is 26.3 Å². The first-order valence-corrected chi connectivity index (χ1v) is 8.17. The molecule has 1 aliphatic rings. The molecule has 1 N–H and O–H groups in total. The monoisotopic (exact) mass is 327 g/mol. The molecule has 1 fully saturated rings. The van der Waals surface area contributed by atoms with Gasteiger partial charge in [0.05, 0.1) is 0 Å². The van der Waals surface area contributed by atoms with Crippen molar-refractivity contribution >= 4 is 17.6 Å². The number of rotatable bonds is 5. The van der Waals surface area contributed by atoms with Crippen LogP contribution in [0, 0.1) is 5.82 Å². The number of nitrogens with zero attached hydrogens (tertiary/aromatic N) is 2. The summed E-state index contributed by atoms with van der Waals surface area (Å²) in [5.41, 5.74) is 0.532. The average molecular weight is 328 g/mol. The molecule has 1 aliphatic heterocycles. The normalized spacial score (nSPS) is 15.9. The second kappa shape index (κ2) is 8.34. The maximum absolute atomic E-state index is 13.8. The summed E-state index contributed by atoms with van der Waals surface area (Å²) in [5.74, 6) is -0.271. The van der Waals surface area contributed by atoms with Gasteiger partial charge in [-0.05, 0) is 18.6 Å². The first-order chi connectivity index (χ1) is 10.6. The molecular weight excluding hydrogens is 305 g/mol. The Kier molecular flexibility index (Phi) is 6.46. The van der Waals surface area contributed by atoms with Crippen LogP contribution in [-0.4, -0.2) is 48.6 Å². The van der Waals surface area contributed by atoms with E-state index in [-0.39, 0.29) is 11.8 Å². The van der Waals surface area contributed by atoms with Crippen LogP contribution in [0.3, 0.4) is 0 Å². The number of nitrogens with one attached hydrogen (secondary N) is 1. The van der Waals surface area contributed by atoms with Gasteiger partial charge in [0.15, 0.2) is 0 Å². The maximum Gasteiger partial charge on any atom is 0.317 e. The van der Waals surface area contributed by atoms with Crippen LogP contribution in [0.5, 0.6) is 0 Å². The van der Waals surface area contributed by atoms with E-state index >= 15 is 0 Å². The Morgan fingerprint density at radius 1 is 1.32 bits per heavy atom. The van der Waals surface area contributed by atoms with E-state index in [0.717, 1.165) is 32.5 Å². The molecule has 0 aliphatic carbocycles. The predicted molar refractivity (Wildman–Crippen MR) is 86.6 cm³/mol. The predicted octanol–water partition coefficient (Wildman–Crippen LogP) is 3.11. The summed E-state index contributed by atoms with van der Waals surface area (Å²) < 4.78 is 13.8. The lowest BCUT2D eigenvalue weighted by atomic mass is 10.2. The number of carbonyl (C=O) groups is 1. The summed E-state index contributed by atoms with van der Waals surface area (Å²) in [5, 5.41) is 3.38. The lowest BCUT2D eigenvalue weighted by Crippen LogP contribution is -2.51. The molecule has 1 aromatic carbocycles. The van der Waals surface area contributed by atoms with E-state index in [4.69, 9.17) is 11.6 Å². The van der Waals surface area contributed by atoms with Crippen molar-refractivity contribution in [3.8, 4) is 0 Å². The molecule has 4 nitrogen and oxygen atoms in total. The number of unbranched alkanes of at least 4 members (excludes halogenated alkanes) is 1. The number of urea groups is 1. The number of hydrogen-bond acceptors (Lipinski definition) is 2. The first-order valence-electron chi connectivity index (χ1n) is 7.80. The minimum absolute atomic E-state index is 0.00276. The van der Waals surface area contributed by atoms with E-state index in [9.17, 15) is 9.18 Å². The van der Waals surface area contributed by atoms with Gasteiger partial charge in [-0.15, -0.1) is 0 Å². The zero-order valence-electron chi connectivity index (χ0n) is 12.9. The molecule has 6 heteroatoms. The zero-order valence-corrected chi connectivity index (χ0v) is 13.7. The van der Waals surface area contributed by atoms with Gasteiger partial charge in [-0.2, -0.15) is 0 Å². The van der Waals surface area contributed by atoms with Crippen LogP contribution in [0.1, 0.15) is 25.3 Å². The van der Waals surface area contributed by atoms with Crippen molar-refractivity contribution in [3.05, 3.63) is 34.6 Å². The van der Waals surface area contributed by atoms with Crippen LogP contribution in [0.25, 0.3) is 0 Å². The van der Waals surface area contributed by atoms with Crippen LogP contribution in [-0.2, 0) is 6.54 Å². The molecule has 0 spiro atoms. The fourth-order valence-corrected chi connectivity index (χ4v) is 2.72. The highest BCUT2D eigenvalue weighted by atomic mass is 35.5. The SMILES string of the molecule is CCCCNC(=O)N1CCN(Cc2c(F)cccc2Cl)CC1. The highest BCUT2D eigenvalue weighted by molar-refractivity contribution is 6.31. The van der Waals surface area contributed by atoms with Gasteiger partial charge >= 0.3 is 6.03 Å². The number of carbonyl (C=O) groups excluding carboxylic acids is 1. The van der Waals surface area contributed by atoms with E-state index in [0.29, 0.717) is 30.2 Å². The number of benzene rings is 1. The number of piperazine rings is 1. The van der Waals surface area contributed by atoms with E-state index in [1.54, 1.807) is 12.1 Å². The number of amides is 2. The molecule has 1 saturated heterocycles. The Bertz CT molecular complexity index is 484. The van der Waals surface area contributed by atoms with Crippen LogP contribution in [0.4, 0.5) is 9.18 Å². The lowest BCUT2D eigenvalue weighted by Gasteiger charge is -2.34. The highest BCUT2D eigenvalue weighted by Crippen LogP contribution is 2.21. The Hall–Kier alpha value is -1.33. The van der Waals surface area contributed by atoms with Gasteiger partial charge in [0.2, 0.25) is 0 Å². The quantitative estimate of drug-likeness (QED) is 0.843. The van der Waals surface area contributed by atoms with Crippen molar-refractivity contribution < 1.29 is 9.18 Å². The fraction of sp³-hybridized carbons (Fsp3) is 0.562.